The first kappa shape index (κ1) is 16.1. The van der Waals surface area contributed by atoms with Gasteiger partial charge in [-0.25, -0.2) is 4.68 Å². The summed E-state index contributed by atoms with van der Waals surface area (Å²) in [6.07, 6.45) is 8.74. The van der Waals surface area contributed by atoms with Crippen molar-refractivity contribution in [2.75, 3.05) is 6.54 Å². The van der Waals surface area contributed by atoms with Crippen molar-refractivity contribution >= 4 is 44.8 Å². The molecule has 3 nitrogen and oxygen atoms in total. The quantitative estimate of drug-likeness (QED) is 0.620. The van der Waals surface area contributed by atoms with Crippen molar-refractivity contribution in [3.63, 3.8) is 0 Å². The first-order chi connectivity index (χ1) is 10.8. The molecule has 1 saturated carbocycles. The van der Waals surface area contributed by atoms with Crippen molar-refractivity contribution in [3.05, 3.63) is 26.1 Å². The number of thiophene rings is 1. The molecule has 0 amide bonds. The molecule has 1 aliphatic carbocycles. The van der Waals surface area contributed by atoms with Crippen LogP contribution in [0.15, 0.2) is 31.4 Å². The molecule has 0 N–H and O–H groups in total. The number of nitrogens with zero attached hydrogens (tertiary/aromatic N) is 3. The summed E-state index contributed by atoms with van der Waals surface area (Å²) in [4.78, 5) is 6.79. The Morgan fingerprint density at radius 3 is 2.82 bits per heavy atom. The van der Waals surface area contributed by atoms with Gasteiger partial charge in [-0.1, -0.05) is 19.3 Å². The third kappa shape index (κ3) is 3.78. The normalized spacial score (nSPS) is 17.6. The average molecular weight is 398 g/mol. The van der Waals surface area contributed by atoms with Gasteiger partial charge in [-0.2, -0.15) is 5.10 Å². The zero-order valence-corrected chi connectivity index (χ0v) is 15.9. The van der Waals surface area contributed by atoms with E-state index in [-0.39, 0.29) is 0 Å². The lowest BCUT2D eigenvalue weighted by molar-refractivity contribution is 0.443. The Hall–Kier alpha value is -0.720. The van der Waals surface area contributed by atoms with E-state index in [2.05, 4.69) is 51.6 Å². The van der Waals surface area contributed by atoms with Crippen molar-refractivity contribution in [3.8, 4) is 10.6 Å². The largest absolute Gasteiger partial charge is 0.258 e. The van der Waals surface area contributed by atoms with E-state index >= 15 is 0 Å². The van der Waals surface area contributed by atoms with Crippen LogP contribution in [0.1, 0.15) is 39.0 Å². The highest BCUT2D eigenvalue weighted by atomic mass is 79.9. The summed E-state index contributed by atoms with van der Waals surface area (Å²) in [5.74, 6) is 0.624. The standard InChI is InChI=1S/C16H20BrN3S2/c1-2-18-16-20(19-10-12-6-4-3-5-7-12)13(11-21-16)14-8-9-15(17)22-14/h8-12H,2-7H2,1H3/b18-16?,19-10+. The minimum Gasteiger partial charge on any atom is -0.258 e. The Bertz CT molecular complexity index is 705. The second kappa shape index (κ2) is 7.70. The number of rotatable bonds is 4. The van der Waals surface area contributed by atoms with Crippen LogP contribution in [0, 0.1) is 5.92 Å². The fourth-order valence-electron chi connectivity index (χ4n) is 2.72. The van der Waals surface area contributed by atoms with Crippen LogP contribution in [-0.4, -0.2) is 17.4 Å². The molecule has 3 rings (SSSR count). The number of hydrogen-bond donors (Lipinski definition) is 0. The molecule has 0 aromatic carbocycles. The smallest absolute Gasteiger partial charge is 0.206 e. The first-order valence-corrected chi connectivity index (χ1v) is 10.3. The topological polar surface area (TPSA) is 29.6 Å². The Kier molecular flexibility index (Phi) is 5.66. The van der Waals surface area contributed by atoms with Gasteiger partial charge in [0.2, 0.25) is 4.80 Å². The predicted molar refractivity (Wildman–Crippen MR) is 99.9 cm³/mol. The van der Waals surface area contributed by atoms with Gasteiger partial charge in [0.1, 0.15) is 0 Å². The number of hydrogen-bond acceptors (Lipinski definition) is 4. The fourth-order valence-corrected chi connectivity index (χ4v) is 5.08. The van der Waals surface area contributed by atoms with E-state index in [0.29, 0.717) is 5.92 Å². The van der Waals surface area contributed by atoms with Gasteiger partial charge in [0.25, 0.3) is 0 Å². The average Bonchev–Trinajstić information content (AvgIpc) is 3.13. The molecular weight excluding hydrogens is 378 g/mol. The lowest BCUT2D eigenvalue weighted by Crippen LogP contribution is -2.14. The van der Waals surface area contributed by atoms with Crippen LogP contribution in [0.2, 0.25) is 0 Å². The van der Waals surface area contributed by atoms with E-state index in [4.69, 9.17) is 5.10 Å². The van der Waals surface area contributed by atoms with Gasteiger partial charge in [-0.15, -0.1) is 22.7 Å². The van der Waals surface area contributed by atoms with Gasteiger partial charge in [0.05, 0.1) is 14.4 Å². The minimum atomic E-state index is 0.624. The Morgan fingerprint density at radius 1 is 1.32 bits per heavy atom. The molecule has 0 bridgehead atoms. The molecular formula is C16H20BrN3S2. The molecule has 0 unspecified atom stereocenters. The molecule has 0 radical (unpaired) electrons. The van der Waals surface area contributed by atoms with E-state index in [1.807, 2.05) is 4.68 Å². The number of halogens is 1. The first-order valence-electron chi connectivity index (χ1n) is 7.79. The van der Waals surface area contributed by atoms with Gasteiger partial charge in [-0.05, 0) is 53.7 Å². The summed E-state index contributed by atoms with van der Waals surface area (Å²) in [5, 5.41) is 6.95. The maximum Gasteiger partial charge on any atom is 0.206 e. The maximum absolute atomic E-state index is 4.79. The van der Waals surface area contributed by atoms with E-state index in [1.54, 1.807) is 22.7 Å². The molecule has 1 aliphatic rings. The second-order valence-corrected chi connectivity index (χ2v) is 8.76. The number of aromatic nitrogens is 1. The molecule has 0 saturated heterocycles. The lowest BCUT2D eigenvalue weighted by atomic mass is 9.90. The van der Waals surface area contributed by atoms with Crippen molar-refractivity contribution in [2.24, 2.45) is 16.0 Å². The molecule has 6 heteroatoms. The van der Waals surface area contributed by atoms with Crippen molar-refractivity contribution in [1.29, 1.82) is 0 Å². The van der Waals surface area contributed by atoms with Gasteiger partial charge in [0.15, 0.2) is 0 Å². The van der Waals surface area contributed by atoms with E-state index in [0.717, 1.165) is 20.8 Å². The zero-order chi connectivity index (χ0) is 15.4. The lowest BCUT2D eigenvalue weighted by Gasteiger charge is -2.16. The van der Waals surface area contributed by atoms with E-state index in [9.17, 15) is 0 Å². The Labute approximate surface area is 147 Å². The van der Waals surface area contributed by atoms with Crippen LogP contribution in [0.25, 0.3) is 10.6 Å². The summed E-state index contributed by atoms with van der Waals surface area (Å²) in [5.41, 5.74) is 1.14. The second-order valence-electron chi connectivity index (χ2n) is 5.46. The van der Waals surface area contributed by atoms with Crippen LogP contribution < -0.4 is 4.80 Å². The van der Waals surface area contributed by atoms with Crippen molar-refractivity contribution < 1.29 is 0 Å². The van der Waals surface area contributed by atoms with Crippen LogP contribution in [0.4, 0.5) is 0 Å². The molecule has 0 atom stereocenters. The third-order valence-corrected chi connectivity index (χ3v) is 6.35. The minimum absolute atomic E-state index is 0.624. The van der Waals surface area contributed by atoms with E-state index in [1.165, 1.54) is 37.0 Å². The Balaban J connectivity index is 1.94. The summed E-state index contributed by atoms with van der Waals surface area (Å²) >= 11 is 6.94. The Morgan fingerprint density at radius 2 is 2.14 bits per heavy atom. The van der Waals surface area contributed by atoms with Gasteiger partial charge in [0, 0.05) is 18.1 Å². The third-order valence-electron chi connectivity index (χ3n) is 3.85. The van der Waals surface area contributed by atoms with Gasteiger partial charge >= 0.3 is 0 Å². The van der Waals surface area contributed by atoms with Crippen LogP contribution in [-0.2, 0) is 0 Å². The van der Waals surface area contributed by atoms with Crippen LogP contribution in [0.5, 0.6) is 0 Å². The maximum atomic E-state index is 4.79. The fraction of sp³-hybridized carbons (Fsp3) is 0.500. The highest BCUT2D eigenvalue weighted by Gasteiger charge is 2.13. The highest BCUT2D eigenvalue weighted by molar-refractivity contribution is 9.11. The predicted octanol–water partition coefficient (Wildman–Crippen LogP) is 5.38. The van der Waals surface area contributed by atoms with Gasteiger partial charge < -0.3 is 0 Å². The van der Waals surface area contributed by atoms with Crippen molar-refractivity contribution in [2.45, 2.75) is 39.0 Å². The van der Waals surface area contributed by atoms with Gasteiger partial charge in [-0.3, -0.25) is 4.99 Å². The van der Waals surface area contributed by atoms with Crippen molar-refractivity contribution in [1.82, 2.24) is 4.68 Å². The highest BCUT2D eigenvalue weighted by Crippen LogP contribution is 2.31. The van der Waals surface area contributed by atoms with E-state index < -0.39 is 0 Å². The summed E-state index contributed by atoms with van der Waals surface area (Å²) in [7, 11) is 0. The monoisotopic (exact) mass is 397 g/mol. The molecule has 0 spiro atoms. The van der Waals surface area contributed by atoms with Crippen LogP contribution in [0.3, 0.4) is 0 Å². The summed E-state index contributed by atoms with van der Waals surface area (Å²) < 4.78 is 3.16. The summed E-state index contributed by atoms with van der Waals surface area (Å²) in [6, 6.07) is 4.22. The van der Waals surface area contributed by atoms with Crippen LogP contribution >= 0.6 is 38.6 Å². The molecule has 2 aromatic rings. The molecule has 1 fully saturated rings. The molecule has 2 aromatic heterocycles. The molecule has 0 aliphatic heterocycles. The molecule has 118 valence electrons. The SMILES string of the molecule is CCN=c1scc(-c2ccc(Br)s2)n1/N=C/C1CCCCC1. The number of thiazole rings is 1. The molecule has 22 heavy (non-hydrogen) atoms. The summed E-state index contributed by atoms with van der Waals surface area (Å²) in [6.45, 7) is 2.85. The molecule has 2 heterocycles. The zero-order valence-electron chi connectivity index (χ0n) is 12.7.